The lowest BCUT2D eigenvalue weighted by Crippen LogP contribution is -2.36. The van der Waals surface area contributed by atoms with Crippen LogP contribution in [0.5, 0.6) is 0 Å². The number of rotatable bonds is 1. The maximum Gasteiger partial charge on any atom is 0.495 e. The molecule has 0 radical (unpaired) electrons. The normalized spacial score (nSPS) is 29.3. The zero-order chi connectivity index (χ0) is 15.8. The second-order valence-electron chi connectivity index (χ2n) is 7.08. The first-order chi connectivity index (χ1) is 11.0. The summed E-state index contributed by atoms with van der Waals surface area (Å²) >= 11 is 6.19. The third-order valence-corrected chi connectivity index (χ3v) is 5.74. The fourth-order valence-corrected chi connectivity index (χ4v) is 4.04. The Balaban J connectivity index is 1.76. The van der Waals surface area contributed by atoms with E-state index >= 15 is 0 Å². The molecular formula is C19H16BClO2. The minimum Gasteiger partial charge on any atom is -0.399 e. The molecule has 0 spiro atoms. The molecule has 2 unspecified atom stereocenters. The highest BCUT2D eigenvalue weighted by atomic mass is 35.5. The van der Waals surface area contributed by atoms with Crippen molar-refractivity contribution in [2.75, 3.05) is 0 Å². The van der Waals surface area contributed by atoms with Gasteiger partial charge in [-0.1, -0.05) is 48.0 Å². The van der Waals surface area contributed by atoms with E-state index in [2.05, 4.69) is 50.2 Å². The largest absolute Gasteiger partial charge is 0.495 e. The smallest absolute Gasteiger partial charge is 0.399 e. The summed E-state index contributed by atoms with van der Waals surface area (Å²) in [5, 5.41) is 5.46. The molecule has 0 bridgehead atoms. The topological polar surface area (TPSA) is 18.5 Å². The van der Waals surface area contributed by atoms with Gasteiger partial charge in [-0.25, -0.2) is 0 Å². The first kappa shape index (κ1) is 13.9. The Morgan fingerprint density at radius 3 is 2.35 bits per heavy atom. The Kier molecular flexibility index (Phi) is 2.59. The first-order valence-corrected chi connectivity index (χ1v) is 8.34. The Bertz CT molecular complexity index is 956. The van der Waals surface area contributed by atoms with Gasteiger partial charge in [-0.2, -0.15) is 0 Å². The molecule has 2 atom stereocenters. The van der Waals surface area contributed by atoms with Crippen LogP contribution in [0.25, 0.3) is 21.5 Å². The van der Waals surface area contributed by atoms with E-state index in [1.807, 2.05) is 12.1 Å². The number of fused-ring (bicyclic) bond motifs is 4. The van der Waals surface area contributed by atoms with Crippen LogP contribution in [0.2, 0.25) is 5.02 Å². The van der Waals surface area contributed by atoms with Gasteiger partial charge in [-0.3, -0.25) is 0 Å². The fraction of sp³-hybridized carbons (Fsp3) is 0.263. The summed E-state index contributed by atoms with van der Waals surface area (Å²) in [6.07, 6.45) is 0.966. The number of benzene rings is 3. The van der Waals surface area contributed by atoms with Crippen LogP contribution in [0.15, 0.2) is 48.5 Å². The van der Waals surface area contributed by atoms with E-state index in [-0.39, 0.29) is 18.3 Å². The number of hydrogen-bond donors (Lipinski definition) is 0. The van der Waals surface area contributed by atoms with Crippen LogP contribution < -0.4 is 5.46 Å². The van der Waals surface area contributed by atoms with Crippen molar-refractivity contribution < 1.29 is 9.31 Å². The quantitative estimate of drug-likeness (QED) is 0.491. The highest BCUT2D eigenvalue weighted by Crippen LogP contribution is 2.58. The molecule has 23 heavy (non-hydrogen) atoms. The number of halogens is 1. The maximum absolute atomic E-state index is 6.24. The van der Waals surface area contributed by atoms with Gasteiger partial charge in [0.15, 0.2) is 0 Å². The third kappa shape index (κ3) is 1.84. The van der Waals surface area contributed by atoms with E-state index in [4.69, 9.17) is 20.9 Å². The molecule has 5 rings (SSSR count). The highest BCUT2D eigenvalue weighted by molar-refractivity contribution is 6.66. The van der Waals surface area contributed by atoms with Gasteiger partial charge in [0.05, 0.1) is 11.2 Å². The lowest BCUT2D eigenvalue weighted by molar-refractivity contribution is 0.187. The van der Waals surface area contributed by atoms with Gasteiger partial charge in [-0.05, 0) is 53.0 Å². The lowest BCUT2D eigenvalue weighted by atomic mass is 9.74. The van der Waals surface area contributed by atoms with Gasteiger partial charge in [0.1, 0.15) is 0 Å². The molecule has 0 N–H and O–H groups in total. The van der Waals surface area contributed by atoms with Crippen LogP contribution in [0, 0.1) is 0 Å². The van der Waals surface area contributed by atoms with Crippen molar-refractivity contribution in [3.8, 4) is 0 Å². The Morgan fingerprint density at radius 2 is 1.61 bits per heavy atom. The minimum atomic E-state index is -0.313. The Hall–Kier alpha value is -1.55. The summed E-state index contributed by atoms with van der Waals surface area (Å²) in [6, 6.07) is 16.6. The summed E-state index contributed by atoms with van der Waals surface area (Å²) in [5.41, 5.74) is 0.787. The summed E-state index contributed by atoms with van der Waals surface area (Å²) in [7, 11) is -0.313. The first-order valence-electron chi connectivity index (χ1n) is 7.96. The molecule has 3 aromatic rings. The lowest BCUT2D eigenvalue weighted by Gasteiger charge is -2.15. The van der Waals surface area contributed by atoms with Crippen molar-refractivity contribution in [1.29, 1.82) is 0 Å². The zero-order valence-corrected chi connectivity index (χ0v) is 13.9. The Morgan fingerprint density at radius 1 is 0.913 bits per heavy atom. The van der Waals surface area contributed by atoms with E-state index in [0.29, 0.717) is 0 Å². The van der Waals surface area contributed by atoms with Crippen molar-refractivity contribution in [1.82, 2.24) is 0 Å². The van der Waals surface area contributed by atoms with Crippen LogP contribution in [-0.2, 0) is 9.31 Å². The maximum atomic E-state index is 6.24. The minimum absolute atomic E-state index is 0.151. The average molecular weight is 323 g/mol. The molecule has 1 saturated heterocycles. The van der Waals surface area contributed by atoms with Crippen molar-refractivity contribution in [3.05, 3.63) is 53.6 Å². The van der Waals surface area contributed by atoms with Crippen molar-refractivity contribution in [2.24, 2.45) is 0 Å². The van der Waals surface area contributed by atoms with Crippen LogP contribution in [0.3, 0.4) is 0 Å². The molecule has 1 saturated carbocycles. The molecule has 3 aromatic carbocycles. The zero-order valence-electron chi connectivity index (χ0n) is 13.1. The van der Waals surface area contributed by atoms with Gasteiger partial charge in [0.25, 0.3) is 0 Å². The van der Waals surface area contributed by atoms with E-state index in [1.54, 1.807) is 0 Å². The molecule has 1 heterocycles. The predicted octanol–water partition coefficient (Wildman–Crippen LogP) is 4.31. The van der Waals surface area contributed by atoms with Gasteiger partial charge < -0.3 is 9.31 Å². The summed E-state index contributed by atoms with van der Waals surface area (Å²) in [5.74, 6) is 0. The van der Waals surface area contributed by atoms with E-state index < -0.39 is 0 Å². The van der Waals surface area contributed by atoms with E-state index in [0.717, 1.165) is 22.3 Å². The van der Waals surface area contributed by atoms with Gasteiger partial charge in [0, 0.05) is 11.4 Å². The standard InChI is InChI=1S/C19H16BClO2/c1-18-11-19(18,2)23-20(22-18)17-10-12-9-13(21)7-8-14(12)15-5-3-4-6-16(15)17/h3-10H,11H2,1-2H3. The molecule has 2 fully saturated rings. The molecule has 2 nitrogen and oxygen atoms in total. The van der Waals surface area contributed by atoms with Gasteiger partial charge >= 0.3 is 7.12 Å². The third-order valence-electron chi connectivity index (χ3n) is 5.51. The van der Waals surface area contributed by atoms with Crippen molar-refractivity contribution in [2.45, 2.75) is 31.5 Å². The molecule has 114 valence electrons. The second-order valence-corrected chi connectivity index (χ2v) is 7.52. The highest BCUT2D eigenvalue weighted by Gasteiger charge is 2.71. The second kappa shape index (κ2) is 4.30. The molecule has 0 aromatic heterocycles. The van der Waals surface area contributed by atoms with Crippen LogP contribution in [0.4, 0.5) is 0 Å². The Labute approximate surface area is 140 Å². The SMILES string of the molecule is CC12CC1(C)OB(c1cc3cc(Cl)ccc3c3ccccc13)O2. The van der Waals surface area contributed by atoms with Crippen LogP contribution in [-0.4, -0.2) is 18.3 Å². The number of hydrogen-bond acceptors (Lipinski definition) is 2. The van der Waals surface area contributed by atoms with Crippen LogP contribution in [0.1, 0.15) is 20.3 Å². The summed E-state index contributed by atoms with van der Waals surface area (Å²) < 4.78 is 12.5. The molecule has 4 heteroatoms. The average Bonchev–Trinajstić information content (AvgIpc) is 2.94. The monoisotopic (exact) mass is 322 g/mol. The van der Waals surface area contributed by atoms with Gasteiger partial charge in [-0.15, -0.1) is 0 Å². The van der Waals surface area contributed by atoms with Crippen molar-refractivity contribution in [3.63, 3.8) is 0 Å². The summed E-state index contributed by atoms with van der Waals surface area (Å²) in [6.45, 7) is 4.26. The molecule has 1 aliphatic heterocycles. The molecular weight excluding hydrogens is 306 g/mol. The molecule has 1 aliphatic carbocycles. The van der Waals surface area contributed by atoms with Gasteiger partial charge in [0.2, 0.25) is 0 Å². The molecule has 0 amide bonds. The molecule has 2 aliphatic rings. The predicted molar refractivity (Wildman–Crippen MR) is 95.4 cm³/mol. The summed E-state index contributed by atoms with van der Waals surface area (Å²) in [4.78, 5) is 0. The van der Waals surface area contributed by atoms with Crippen molar-refractivity contribution >= 4 is 45.7 Å². The van der Waals surface area contributed by atoms with Crippen LogP contribution >= 0.6 is 11.6 Å². The van der Waals surface area contributed by atoms with E-state index in [9.17, 15) is 0 Å². The fourth-order valence-electron chi connectivity index (χ4n) is 3.86. The van der Waals surface area contributed by atoms with E-state index in [1.165, 1.54) is 16.2 Å².